The average molecular weight is 491 g/mol. The van der Waals surface area contributed by atoms with Crippen molar-refractivity contribution in [3.63, 3.8) is 0 Å². The summed E-state index contributed by atoms with van der Waals surface area (Å²) >= 11 is 0. The van der Waals surface area contributed by atoms with E-state index in [0.717, 1.165) is 16.7 Å². The van der Waals surface area contributed by atoms with E-state index in [-0.39, 0.29) is 13.2 Å². The molecule has 1 aliphatic heterocycles. The molecule has 4 rings (SSSR count). The number of aliphatic hydroxyl groups excluding tert-OH is 1. The lowest BCUT2D eigenvalue weighted by molar-refractivity contribution is -0.314. The summed E-state index contributed by atoms with van der Waals surface area (Å²) < 4.78 is 30.6. The number of benzene rings is 3. The van der Waals surface area contributed by atoms with Gasteiger partial charge in [-0.25, -0.2) is 0 Å². The second kappa shape index (κ2) is 14.0. The molecule has 0 saturated carbocycles. The minimum atomic E-state index is -1.20. The van der Waals surface area contributed by atoms with Crippen molar-refractivity contribution in [2.45, 2.75) is 50.5 Å². The van der Waals surface area contributed by atoms with Crippen molar-refractivity contribution >= 4 is 0 Å². The summed E-state index contributed by atoms with van der Waals surface area (Å²) in [6.07, 6.45) is -1.97. The molecule has 1 fully saturated rings. The highest BCUT2D eigenvalue weighted by molar-refractivity contribution is 5.15. The number of rotatable bonds is 13. The number of hydrogen-bond acceptors (Lipinski definition) is 6. The van der Waals surface area contributed by atoms with Crippen LogP contribution < -0.4 is 0 Å². The van der Waals surface area contributed by atoms with E-state index < -0.39 is 30.7 Å². The third kappa shape index (κ3) is 7.58. The SMILES string of the molecule is C=CCO[C@@H]1[C@@H](OCc2ccccc2)[C@@H](O)O[C@H](COCc2ccccc2)[C@H]1OCc1ccccc1. The first-order valence-electron chi connectivity index (χ1n) is 12.2. The molecule has 0 aliphatic carbocycles. The molecule has 6 heteroatoms. The minimum Gasteiger partial charge on any atom is -0.374 e. The summed E-state index contributed by atoms with van der Waals surface area (Å²) in [6.45, 7) is 5.38. The van der Waals surface area contributed by atoms with Crippen molar-refractivity contribution in [1.29, 1.82) is 0 Å². The van der Waals surface area contributed by atoms with Gasteiger partial charge in [0.05, 0.1) is 33.0 Å². The van der Waals surface area contributed by atoms with Gasteiger partial charge in [-0.2, -0.15) is 0 Å². The second-order valence-electron chi connectivity index (χ2n) is 8.67. The first-order valence-corrected chi connectivity index (χ1v) is 12.2. The highest BCUT2D eigenvalue weighted by Gasteiger charge is 2.47. The molecule has 0 unspecified atom stereocenters. The fraction of sp³-hybridized carbons (Fsp3) is 0.333. The number of ether oxygens (including phenoxy) is 5. The van der Waals surface area contributed by atoms with Crippen LogP contribution in [0.2, 0.25) is 0 Å². The molecule has 36 heavy (non-hydrogen) atoms. The van der Waals surface area contributed by atoms with Crippen molar-refractivity contribution in [1.82, 2.24) is 0 Å². The fourth-order valence-electron chi connectivity index (χ4n) is 4.18. The topological polar surface area (TPSA) is 66.4 Å². The van der Waals surface area contributed by atoms with Gasteiger partial charge in [0.25, 0.3) is 0 Å². The summed E-state index contributed by atoms with van der Waals surface area (Å²) in [5, 5.41) is 10.9. The monoisotopic (exact) mass is 490 g/mol. The van der Waals surface area contributed by atoms with Gasteiger partial charge >= 0.3 is 0 Å². The van der Waals surface area contributed by atoms with Crippen molar-refractivity contribution < 1.29 is 28.8 Å². The fourth-order valence-corrected chi connectivity index (χ4v) is 4.18. The largest absolute Gasteiger partial charge is 0.374 e. The normalized spacial score (nSPS) is 23.9. The minimum absolute atomic E-state index is 0.227. The van der Waals surface area contributed by atoms with Crippen LogP contribution in [0, 0.1) is 0 Å². The van der Waals surface area contributed by atoms with Crippen LogP contribution in [-0.4, -0.2) is 49.0 Å². The quantitative estimate of drug-likeness (QED) is 0.352. The maximum absolute atomic E-state index is 10.9. The summed E-state index contributed by atoms with van der Waals surface area (Å²) in [5.74, 6) is 0. The van der Waals surface area contributed by atoms with Gasteiger partial charge in [0.1, 0.15) is 24.4 Å². The first-order chi connectivity index (χ1) is 17.7. The third-order valence-electron chi connectivity index (χ3n) is 5.98. The Kier molecular flexibility index (Phi) is 10.2. The van der Waals surface area contributed by atoms with E-state index in [4.69, 9.17) is 23.7 Å². The van der Waals surface area contributed by atoms with Gasteiger partial charge in [0.2, 0.25) is 0 Å². The Labute approximate surface area is 213 Å². The van der Waals surface area contributed by atoms with E-state index in [1.54, 1.807) is 6.08 Å². The van der Waals surface area contributed by atoms with Crippen LogP contribution in [-0.2, 0) is 43.5 Å². The van der Waals surface area contributed by atoms with E-state index in [1.165, 1.54) is 0 Å². The smallest absolute Gasteiger partial charge is 0.184 e. The highest BCUT2D eigenvalue weighted by atomic mass is 16.7. The van der Waals surface area contributed by atoms with Gasteiger partial charge in [-0.3, -0.25) is 0 Å². The van der Waals surface area contributed by atoms with E-state index in [2.05, 4.69) is 6.58 Å². The van der Waals surface area contributed by atoms with Crippen molar-refractivity contribution in [3.8, 4) is 0 Å². The van der Waals surface area contributed by atoms with Crippen LogP contribution >= 0.6 is 0 Å². The molecule has 5 atom stereocenters. The molecule has 1 N–H and O–H groups in total. The Hall–Kier alpha value is -2.84. The second-order valence-corrected chi connectivity index (χ2v) is 8.67. The molecule has 3 aromatic carbocycles. The van der Waals surface area contributed by atoms with Crippen molar-refractivity contribution in [3.05, 3.63) is 120 Å². The lowest BCUT2D eigenvalue weighted by Crippen LogP contribution is -2.61. The maximum Gasteiger partial charge on any atom is 0.184 e. The van der Waals surface area contributed by atoms with Crippen molar-refractivity contribution in [2.75, 3.05) is 13.2 Å². The zero-order valence-corrected chi connectivity index (χ0v) is 20.4. The molecule has 1 saturated heterocycles. The van der Waals surface area contributed by atoms with E-state index >= 15 is 0 Å². The molecule has 0 amide bonds. The Balaban J connectivity index is 1.49. The molecular formula is C30H34O6. The molecule has 1 aliphatic rings. The molecule has 3 aromatic rings. The molecule has 1 heterocycles. The van der Waals surface area contributed by atoms with Crippen molar-refractivity contribution in [2.24, 2.45) is 0 Å². The molecular weight excluding hydrogens is 456 g/mol. The van der Waals surface area contributed by atoms with E-state index in [1.807, 2.05) is 91.0 Å². The lowest BCUT2D eigenvalue weighted by Gasteiger charge is -2.44. The van der Waals surface area contributed by atoms with Gasteiger partial charge in [0.15, 0.2) is 6.29 Å². The summed E-state index contributed by atoms with van der Waals surface area (Å²) in [6, 6.07) is 29.6. The van der Waals surface area contributed by atoms with Gasteiger partial charge in [-0.1, -0.05) is 97.1 Å². The molecule has 0 bridgehead atoms. The van der Waals surface area contributed by atoms with Crippen LogP contribution in [0.5, 0.6) is 0 Å². The number of hydrogen-bond donors (Lipinski definition) is 1. The molecule has 0 spiro atoms. The predicted octanol–water partition coefficient (Wildman–Crippen LogP) is 4.66. The maximum atomic E-state index is 10.9. The lowest BCUT2D eigenvalue weighted by atomic mass is 9.98. The Morgan fingerprint density at radius 3 is 1.69 bits per heavy atom. The van der Waals surface area contributed by atoms with Crippen LogP contribution in [0.4, 0.5) is 0 Å². The molecule has 6 nitrogen and oxygen atoms in total. The Morgan fingerprint density at radius 1 is 0.667 bits per heavy atom. The van der Waals surface area contributed by atoms with Crippen LogP contribution in [0.25, 0.3) is 0 Å². The van der Waals surface area contributed by atoms with E-state index in [0.29, 0.717) is 19.8 Å². The van der Waals surface area contributed by atoms with Gasteiger partial charge in [-0.05, 0) is 16.7 Å². The van der Waals surface area contributed by atoms with E-state index in [9.17, 15) is 5.11 Å². The Bertz CT molecular complexity index is 1010. The zero-order valence-electron chi connectivity index (χ0n) is 20.4. The molecule has 190 valence electrons. The van der Waals surface area contributed by atoms with Crippen LogP contribution in [0.1, 0.15) is 16.7 Å². The summed E-state index contributed by atoms with van der Waals surface area (Å²) in [7, 11) is 0. The predicted molar refractivity (Wildman–Crippen MR) is 137 cm³/mol. The average Bonchev–Trinajstić information content (AvgIpc) is 2.92. The molecule has 0 radical (unpaired) electrons. The van der Waals surface area contributed by atoms with Gasteiger partial charge in [-0.15, -0.1) is 6.58 Å². The standard InChI is InChI=1S/C30H34O6/c1-2-18-33-28-27(34-20-24-14-8-4-9-15-24)26(22-32-19-23-12-6-3-7-13-23)36-30(31)29(28)35-21-25-16-10-5-11-17-25/h2-17,26-31H,1,18-22H2/t26-,27-,28+,29-,30+/m1/s1. The first kappa shape index (κ1) is 26.2. The van der Waals surface area contributed by atoms with Crippen LogP contribution in [0.3, 0.4) is 0 Å². The summed E-state index contributed by atoms with van der Waals surface area (Å²) in [4.78, 5) is 0. The van der Waals surface area contributed by atoms with Crippen LogP contribution in [0.15, 0.2) is 104 Å². The third-order valence-corrected chi connectivity index (χ3v) is 5.98. The van der Waals surface area contributed by atoms with Gasteiger partial charge in [0, 0.05) is 0 Å². The Morgan fingerprint density at radius 2 is 1.17 bits per heavy atom. The van der Waals surface area contributed by atoms with Gasteiger partial charge < -0.3 is 28.8 Å². The number of aliphatic hydroxyl groups is 1. The highest BCUT2D eigenvalue weighted by Crippen LogP contribution is 2.29. The molecule has 0 aromatic heterocycles. The summed E-state index contributed by atoms with van der Waals surface area (Å²) in [5.41, 5.74) is 3.07. The zero-order chi connectivity index (χ0) is 25.0.